The number of phenols is 1. The van der Waals surface area contributed by atoms with E-state index in [0.717, 1.165) is 12.3 Å². The molecule has 4 rings (SSSR count). The number of aromatic hydroxyl groups is 1. The largest absolute Gasteiger partial charge is 0.502 e. The Morgan fingerprint density at radius 2 is 1.87 bits per heavy atom. The van der Waals surface area contributed by atoms with Crippen molar-refractivity contribution < 1.29 is 19.4 Å². The molecule has 0 fully saturated rings. The van der Waals surface area contributed by atoms with Crippen LogP contribution in [0, 0.1) is 20.2 Å². The first kappa shape index (κ1) is 20.0. The van der Waals surface area contributed by atoms with Gasteiger partial charge >= 0.3 is 5.69 Å². The van der Waals surface area contributed by atoms with Gasteiger partial charge in [-0.05, 0) is 36.4 Å². The smallest absolute Gasteiger partial charge is 0.318 e. The fourth-order valence-corrected chi connectivity index (χ4v) is 3.02. The van der Waals surface area contributed by atoms with E-state index in [-0.39, 0.29) is 5.56 Å². The van der Waals surface area contributed by atoms with Crippen molar-refractivity contribution in [2.75, 3.05) is 0 Å². The maximum Gasteiger partial charge on any atom is 0.318 e. The molecule has 0 saturated carbocycles. The predicted octanol–water partition coefficient (Wildman–Crippen LogP) is 5.42. The van der Waals surface area contributed by atoms with E-state index in [9.17, 15) is 25.3 Å². The van der Waals surface area contributed by atoms with Crippen LogP contribution in [0.2, 0.25) is 5.02 Å². The highest BCUT2D eigenvalue weighted by atomic mass is 35.5. The molecule has 154 valence electrons. The van der Waals surface area contributed by atoms with E-state index in [4.69, 9.17) is 16.0 Å². The Bertz CT molecular complexity index is 1380. The minimum atomic E-state index is -0.903. The second-order valence-corrected chi connectivity index (χ2v) is 6.79. The van der Waals surface area contributed by atoms with E-state index in [0.29, 0.717) is 39.3 Å². The number of aliphatic imine (C=N–C) groups is 1. The van der Waals surface area contributed by atoms with Crippen LogP contribution in [0.3, 0.4) is 0 Å². The van der Waals surface area contributed by atoms with Crippen molar-refractivity contribution in [1.29, 1.82) is 0 Å². The number of fused-ring (bicyclic) bond motifs is 1. The average molecular weight is 439 g/mol. The van der Waals surface area contributed by atoms with Gasteiger partial charge in [-0.1, -0.05) is 17.7 Å². The molecular weight excluding hydrogens is 428 g/mol. The minimum absolute atomic E-state index is 0.164. The summed E-state index contributed by atoms with van der Waals surface area (Å²) >= 11 is 5.97. The number of nitro benzene ring substituents is 2. The number of non-ortho nitro benzene ring substituents is 1. The van der Waals surface area contributed by atoms with Crippen molar-refractivity contribution in [2.45, 2.75) is 0 Å². The van der Waals surface area contributed by atoms with Crippen molar-refractivity contribution >= 4 is 46.0 Å². The van der Waals surface area contributed by atoms with Crippen LogP contribution in [0.25, 0.3) is 22.6 Å². The first-order chi connectivity index (χ1) is 14.8. The molecule has 0 radical (unpaired) electrons. The third-order valence-electron chi connectivity index (χ3n) is 4.31. The highest BCUT2D eigenvalue weighted by Gasteiger charge is 2.23. The zero-order valence-electron chi connectivity index (χ0n) is 15.4. The number of rotatable bonds is 5. The number of nitrogens with zero attached hydrogens (tertiary/aromatic N) is 4. The van der Waals surface area contributed by atoms with Gasteiger partial charge in [0.05, 0.1) is 21.6 Å². The monoisotopic (exact) mass is 438 g/mol. The Labute approximate surface area is 178 Å². The number of aromatic nitrogens is 1. The minimum Gasteiger partial charge on any atom is -0.502 e. The van der Waals surface area contributed by atoms with E-state index in [2.05, 4.69) is 9.98 Å². The van der Waals surface area contributed by atoms with Crippen LogP contribution in [0.5, 0.6) is 5.75 Å². The van der Waals surface area contributed by atoms with Crippen LogP contribution < -0.4 is 0 Å². The molecule has 0 aliphatic rings. The number of benzene rings is 3. The summed E-state index contributed by atoms with van der Waals surface area (Å²) in [6, 6.07) is 13.5. The lowest BCUT2D eigenvalue weighted by Crippen LogP contribution is -1.96. The van der Waals surface area contributed by atoms with Crippen LogP contribution in [-0.2, 0) is 0 Å². The van der Waals surface area contributed by atoms with Crippen LogP contribution in [0.4, 0.5) is 17.1 Å². The zero-order chi connectivity index (χ0) is 22.1. The molecule has 0 aliphatic heterocycles. The summed E-state index contributed by atoms with van der Waals surface area (Å²) < 4.78 is 5.72. The quantitative estimate of drug-likeness (QED) is 0.248. The fraction of sp³-hybridized carbons (Fsp3) is 0. The summed E-state index contributed by atoms with van der Waals surface area (Å²) in [6.07, 6.45) is 1.11. The number of phenolic OH excluding ortho intramolecular Hbond substituents is 1. The maximum absolute atomic E-state index is 11.1. The molecule has 3 aromatic carbocycles. The lowest BCUT2D eigenvalue weighted by Gasteiger charge is -2.01. The second-order valence-electron chi connectivity index (χ2n) is 6.36. The van der Waals surface area contributed by atoms with Gasteiger partial charge in [0.15, 0.2) is 5.58 Å². The molecule has 1 N–H and O–H groups in total. The number of halogens is 1. The van der Waals surface area contributed by atoms with E-state index in [1.807, 2.05) is 0 Å². The Hall–Kier alpha value is -4.31. The van der Waals surface area contributed by atoms with Gasteiger partial charge in [-0.15, -0.1) is 0 Å². The van der Waals surface area contributed by atoms with Gasteiger partial charge in [-0.25, -0.2) is 4.98 Å². The predicted molar refractivity (Wildman–Crippen MR) is 113 cm³/mol. The van der Waals surface area contributed by atoms with Gasteiger partial charge in [0.25, 0.3) is 5.69 Å². The fourth-order valence-electron chi connectivity index (χ4n) is 2.86. The lowest BCUT2D eigenvalue weighted by molar-refractivity contribution is -0.394. The van der Waals surface area contributed by atoms with Crippen LogP contribution in [-0.4, -0.2) is 26.2 Å². The summed E-state index contributed by atoms with van der Waals surface area (Å²) in [5.74, 6) is -0.380. The molecule has 1 heterocycles. The van der Waals surface area contributed by atoms with Crippen LogP contribution in [0.1, 0.15) is 5.56 Å². The summed E-state index contributed by atoms with van der Waals surface area (Å²) in [4.78, 5) is 29.0. The molecule has 10 nitrogen and oxygen atoms in total. The van der Waals surface area contributed by atoms with Crippen molar-refractivity contribution in [3.8, 4) is 17.2 Å². The molecule has 11 heteroatoms. The Kier molecular flexibility index (Phi) is 5.05. The topological polar surface area (TPSA) is 145 Å². The van der Waals surface area contributed by atoms with Gasteiger partial charge < -0.3 is 9.52 Å². The van der Waals surface area contributed by atoms with E-state index in [1.165, 1.54) is 0 Å². The number of hydrogen-bond donors (Lipinski definition) is 1. The molecule has 0 atom stereocenters. The Morgan fingerprint density at radius 1 is 1.06 bits per heavy atom. The molecular formula is C20H11ClN4O6. The molecule has 0 spiro atoms. The SMILES string of the molecule is O=[N+]([O-])c1cc(C=Nc2cccc(-c3nc4cc(Cl)ccc4o3)c2)c(O)c([N+](=O)[O-])c1. The summed E-state index contributed by atoms with van der Waals surface area (Å²) in [5, 5.41) is 32.7. The second kappa shape index (κ2) is 7.84. The van der Waals surface area contributed by atoms with Crippen molar-refractivity contribution in [3.05, 3.63) is 85.4 Å². The lowest BCUT2D eigenvalue weighted by atomic mass is 10.1. The van der Waals surface area contributed by atoms with E-state index >= 15 is 0 Å². The first-order valence-electron chi connectivity index (χ1n) is 8.68. The third kappa shape index (κ3) is 4.05. The Morgan fingerprint density at radius 3 is 2.61 bits per heavy atom. The molecule has 4 aromatic rings. The summed E-state index contributed by atoms with van der Waals surface area (Å²) in [6.45, 7) is 0. The molecule has 31 heavy (non-hydrogen) atoms. The summed E-state index contributed by atoms with van der Waals surface area (Å²) in [5.41, 5.74) is 0.678. The van der Waals surface area contributed by atoms with Crippen molar-refractivity contribution in [2.24, 2.45) is 4.99 Å². The maximum atomic E-state index is 11.1. The van der Waals surface area contributed by atoms with Gasteiger partial charge in [-0.2, -0.15) is 0 Å². The molecule has 0 unspecified atom stereocenters. The molecule has 0 aliphatic carbocycles. The van der Waals surface area contributed by atoms with Gasteiger partial charge in [0.1, 0.15) is 5.52 Å². The van der Waals surface area contributed by atoms with Gasteiger partial charge in [0.2, 0.25) is 11.6 Å². The Balaban J connectivity index is 1.70. The summed E-state index contributed by atoms with van der Waals surface area (Å²) in [7, 11) is 0. The highest BCUT2D eigenvalue weighted by Crippen LogP contribution is 2.34. The third-order valence-corrected chi connectivity index (χ3v) is 4.54. The average Bonchev–Trinajstić information content (AvgIpc) is 3.16. The standard InChI is InChI=1S/C20H11ClN4O6/c21-13-4-5-18-16(8-13)23-20(31-18)11-2-1-3-14(6-11)22-10-12-7-15(24(27)28)9-17(19(12)26)25(29)30/h1-10,26H. The highest BCUT2D eigenvalue weighted by molar-refractivity contribution is 6.31. The van der Waals surface area contributed by atoms with Crippen molar-refractivity contribution in [1.82, 2.24) is 4.98 Å². The van der Waals surface area contributed by atoms with Gasteiger partial charge in [0, 0.05) is 28.4 Å². The van der Waals surface area contributed by atoms with E-state index < -0.39 is 27.0 Å². The first-order valence-corrected chi connectivity index (χ1v) is 9.06. The van der Waals surface area contributed by atoms with Crippen molar-refractivity contribution in [3.63, 3.8) is 0 Å². The van der Waals surface area contributed by atoms with E-state index in [1.54, 1.807) is 42.5 Å². The molecule has 0 amide bonds. The normalized spacial score (nSPS) is 11.3. The number of nitro groups is 2. The number of hydrogen-bond acceptors (Lipinski definition) is 8. The van der Waals surface area contributed by atoms with Crippen LogP contribution in [0.15, 0.2) is 64.0 Å². The van der Waals surface area contributed by atoms with Crippen LogP contribution >= 0.6 is 11.6 Å². The molecule has 1 aromatic heterocycles. The number of oxazole rings is 1. The molecule has 0 saturated heterocycles. The van der Waals surface area contributed by atoms with Gasteiger partial charge in [-0.3, -0.25) is 25.2 Å². The molecule has 0 bridgehead atoms. The zero-order valence-corrected chi connectivity index (χ0v) is 16.2.